The van der Waals surface area contributed by atoms with Crippen LogP contribution in [0.2, 0.25) is 10.0 Å². The van der Waals surface area contributed by atoms with Gasteiger partial charge in [-0.1, -0.05) is 23.2 Å². The number of halogens is 2. The maximum Gasteiger partial charge on any atom is 0.158 e. The van der Waals surface area contributed by atoms with Crippen LogP contribution in [-0.4, -0.2) is 70.3 Å². The molecule has 1 fully saturated rings. The van der Waals surface area contributed by atoms with Crippen LogP contribution >= 0.6 is 23.2 Å². The van der Waals surface area contributed by atoms with E-state index in [1.165, 1.54) is 20.5 Å². The number of ether oxygens (including phenoxy) is 3. The van der Waals surface area contributed by atoms with Crippen molar-refractivity contribution in [2.45, 2.75) is 6.54 Å². The number of anilines is 4. The van der Waals surface area contributed by atoms with Crippen molar-refractivity contribution in [3.63, 3.8) is 0 Å². The summed E-state index contributed by atoms with van der Waals surface area (Å²) in [6, 6.07) is 7.39. The second-order valence-electron chi connectivity index (χ2n) is 8.51. The minimum absolute atomic E-state index is 0.271. The van der Waals surface area contributed by atoms with Crippen molar-refractivity contribution in [2.75, 3.05) is 51.2 Å². The third kappa shape index (κ3) is 6.28. The molecule has 202 valence electrons. The Labute approximate surface area is 235 Å². The second-order valence-corrected chi connectivity index (χ2v) is 9.27. The normalized spacial score (nSPS) is 13.6. The highest BCUT2D eigenvalue weighted by Crippen LogP contribution is 2.45. The molecule has 1 aromatic carbocycles. The van der Waals surface area contributed by atoms with E-state index >= 15 is 0 Å². The first-order valence-corrected chi connectivity index (χ1v) is 12.8. The molecular formula is C26H26Cl2N8O3. The van der Waals surface area contributed by atoms with E-state index in [-0.39, 0.29) is 10.0 Å². The summed E-state index contributed by atoms with van der Waals surface area (Å²) in [7, 11) is 3.02. The Morgan fingerprint density at radius 1 is 0.846 bits per heavy atom. The maximum absolute atomic E-state index is 6.55. The smallest absolute Gasteiger partial charge is 0.158 e. The van der Waals surface area contributed by atoms with Gasteiger partial charge < -0.3 is 24.8 Å². The molecule has 5 rings (SSSR count). The number of hydrogen-bond donors (Lipinski definition) is 2. The molecule has 0 atom stereocenters. The second kappa shape index (κ2) is 12.4. The van der Waals surface area contributed by atoms with Crippen LogP contribution in [0.15, 0.2) is 49.2 Å². The molecule has 0 amide bonds. The zero-order valence-corrected chi connectivity index (χ0v) is 22.8. The fourth-order valence-electron chi connectivity index (χ4n) is 4.08. The van der Waals surface area contributed by atoms with Gasteiger partial charge >= 0.3 is 0 Å². The third-order valence-corrected chi connectivity index (χ3v) is 6.77. The summed E-state index contributed by atoms with van der Waals surface area (Å²) < 4.78 is 16.2. The molecular weight excluding hydrogens is 543 g/mol. The van der Waals surface area contributed by atoms with Crippen molar-refractivity contribution in [3.8, 4) is 22.9 Å². The van der Waals surface area contributed by atoms with Crippen LogP contribution in [-0.2, 0) is 11.3 Å². The molecule has 0 unspecified atom stereocenters. The number of pyridine rings is 1. The number of nitrogens with zero attached hydrogens (tertiary/aromatic N) is 6. The van der Waals surface area contributed by atoms with Gasteiger partial charge in [-0.05, 0) is 17.7 Å². The molecule has 0 spiro atoms. The predicted molar refractivity (Wildman–Crippen MR) is 150 cm³/mol. The first-order valence-electron chi connectivity index (χ1n) is 12.1. The molecule has 39 heavy (non-hydrogen) atoms. The van der Waals surface area contributed by atoms with Gasteiger partial charge in [-0.3, -0.25) is 4.90 Å². The number of morpholine rings is 1. The van der Waals surface area contributed by atoms with Gasteiger partial charge in [0, 0.05) is 50.4 Å². The van der Waals surface area contributed by atoms with Gasteiger partial charge in [0.05, 0.1) is 38.8 Å². The summed E-state index contributed by atoms with van der Waals surface area (Å²) >= 11 is 13.1. The maximum atomic E-state index is 6.55. The molecule has 0 aliphatic carbocycles. The summed E-state index contributed by atoms with van der Waals surface area (Å²) in [5, 5.41) is 6.97. The van der Waals surface area contributed by atoms with Gasteiger partial charge in [0.2, 0.25) is 0 Å². The number of nitrogens with one attached hydrogen (secondary N) is 2. The highest BCUT2D eigenvalue weighted by atomic mass is 35.5. The SMILES string of the molecule is COc1cc(OC)c(Cl)c(Nc2nccnc2-c2cc(Nc3cc(CN4CCOCC4)ccn3)ncn2)c1Cl. The Hall–Kier alpha value is -3.77. The Morgan fingerprint density at radius 3 is 2.31 bits per heavy atom. The average molecular weight is 569 g/mol. The molecule has 0 saturated carbocycles. The van der Waals surface area contributed by atoms with Crippen LogP contribution in [0, 0.1) is 0 Å². The Balaban J connectivity index is 1.40. The standard InChI is InChI=1S/C26H26Cl2N8O3/c1-37-18-13-19(38-2)23(28)25(22(18)27)35-26-24(30-5-6-31-26)17-12-21(33-15-32-17)34-20-11-16(3-4-29-20)14-36-7-9-39-10-8-36/h3-6,11-13,15H,7-10,14H2,1-2H3,(H,31,35)(H,29,32,33,34). The number of aromatic nitrogens is 5. The van der Waals surface area contributed by atoms with Crippen molar-refractivity contribution >= 4 is 46.3 Å². The number of rotatable bonds is 9. The van der Waals surface area contributed by atoms with Gasteiger partial charge in [-0.2, -0.15) is 0 Å². The van der Waals surface area contributed by atoms with Crippen LogP contribution in [0.4, 0.5) is 23.1 Å². The van der Waals surface area contributed by atoms with E-state index in [1.54, 1.807) is 30.7 Å². The molecule has 11 nitrogen and oxygen atoms in total. The lowest BCUT2D eigenvalue weighted by Gasteiger charge is -2.26. The molecule has 0 bridgehead atoms. The van der Waals surface area contributed by atoms with Gasteiger partial charge in [0.25, 0.3) is 0 Å². The molecule has 4 heterocycles. The van der Waals surface area contributed by atoms with Crippen molar-refractivity contribution in [3.05, 3.63) is 64.8 Å². The van der Waals surface area contributed by atoms with E-state index in [0.717, 1.165) is 38.4 Å². The summed E-state index contributed by atoms with van der Waals surface area (Å²) in [6.45, 7) is 4.15. The Morgan fingerprint density at radius 2 is 1.56 bits per heavy atom. The van der Waals surface area contributed by atoms with E-state index in [2.05, 4.69) is 40.5 Å². The van der Waals surface area contributed by atoms with Gasteiger partial charge in [0.1, 0.15) is 45.2 Å². The minimum Gasteiger partial charge on any atom is -0.495 e. The zero-order valence-electron chi connectivity index (χ0n) is 21.3. The van der Waals surface area contributed by atoms with Crippen molar-refractivity contribution in [2.24, 2.45) is 0 Å². The van der Waals surface area contributed by atoms with Crippen LogP contribution in [0.3, 0.4) is 0 Å². The van der Waals surface area contributed by atoms with Crippen molar-refractivity contribution in [1.82, 2.24) is 29.8 Å². The highest BCUT2D eigenvalue weighted by Gasteiger charge is 2.20. The van der Waals surface area contributed by atoms with E-state index in [1.807, 2.05) is 12.1 Å². The minimum atomic E-state index is 0.271. The van der Waals surface area contributed by atoms with Crippen LogP contribution in [0.1, 0.15) is 5.56 Å². The first kappa shape index (κ1) is 26.8. The lowest BCUT2D eigenvalue weighted by atomic mass is 10.2. The summed E-state index contributed by atoms with van der Waals surface area (Å²) in [4.78, 5) is 24.5. The summed E-state index contributed by atoms with van der Waals surface area (Å²) in [5.41, 5.74) is 2.50. The van der Waals surface area contributed by atoms with Gasteiger partial charge in [-0.25, -0.2) is 24.9 Å². The Kier molecular flexibility index (Phi) is 8.52. The molecule has 13 heteroatoms. The van der Waals surface area contributed by atoms with Crippen molar-refractivity contribution < 1.29 is 14.2 Å². The van der Waals surface area contributed by atoms with E-state index in [4.69, 9.17) is 37.4 Å². The van der Waals surface area contributed by atoms with Crippen LogP contribution < -0.4 is 20.1 Å². The molecule has 1 aliphatic heterocycles. The topological polar surface area (TPSA) is 119 Å². The monoisotopic (exact) mass is 568 g/mol. The molecule has 2 N–H and O–H groups in total. The van der Waals surface area contributed by atoms with Crippen molar-refractivity contribution in [1.29, 1.82) is 0 Å². The number of benzene rings is 1. The Bertz CT molecular complexity index is 1420. The predicted octanol–water partition coefficient (Wildman–Crippen LogP) is 4.97. The van der Waals surface area contributed by atoms with Crippen LogP contribution in [0.25, 0.3) is 11.4 Å². The molecule has 3 aromatic heterocycles. The van der Waals surface area contributed by atoms with E-state index in [9.17, 15) is 0 Å². The fraction of sp³-hybridized carbons (Fsp3) is 0.269. The molecule has 4 aromatic rings. The average Bonchev–Trinajstić information content (AvgIpc) is 2.96. The highest BCUT2D eigenvalue weighted by molar-refractivity contribution is 6.41. The summed E-state index contributed by atoms with van der Waals surface area (Å²) in [5.74, 6) is 2.38. The van der Waals surface area contributed by atoms with Crippen LogP contribution in [0.5, 0.6) is 11.5 Å². The van der Waals surface area contributed by atoms with E-state index in [0.29, 0.717) is 46.0 Å². The lowest BCUT2D eigenvalue weighted by Crippen LogP contribution is -2.35. The fourth-order valence-corrected chi connectivity index (χ4v) is 4.67. The quantitative estimate of drug-likeness (QED) is 0.284. The first-order chi connectivity index (χ1) is 19.1. The lowest BCUT2D eigenvalue weighted by molar-refractivity contribution is 0.0342. The third-order valence-electron chi connectivity index (χ3n) is 6.02. The number of hydrogen-bond acceptors (Lipinski definition) is 11. The molecule has 1 aliphatic rings. The zero-order chi connectivity index (χ0) is 27.2. The molecule has 1 saturated heterocycles. The van der Waals surface area contributed by atoms with Gasteiger partial charge in [-0.15, -0.1) is 0 Å². The number of methoxy groups -OCH3 is 2. The largest absolute Gasteiger partial charge is 0.495 e. The molecule has 0 radical (unpaired) electrons. The van der Waals surface area contributed by atoms with E-state index < -0.39 is 0 Å². The van der Waals surface area contributed by atoms with Gasteiger partial charge in [0.15, 0.2) is 5.82 Å². The summed E-state index contributed by atoms with van der Waals surface area (Å²) in [6.07, 6.45) is 6.35.